The standard InChI is InChI=1S/C15H21N3O4S/c1-5-21-13-8-6-12(7-9-13)15-17-14(11(2)22-15)10-16-23(19,20)18(3)4/h6-9,16H,5,10H2,1-4H3. The van der Waals surface area contributed by atoms with Crippen molar-refractivity contribution < 1.29 is 17.6 Å². The van der Waals surface area contributed by atoms with Gasteiger partial charge in [-0.1, -0.05) is 0 Å². The Hall–Kier alpha value is -1.90. The van der Waals surface area contributed by atoms with Crippen LogP contribution in [0, 0.1) is 6.92 Å². The molecule has 2 rings (SSSR count). The summed E-state index contributed by atoms with van der Waals surface area (Å²) in [6.07, 6.45) is 0. The van der Waals surface area contributed by atoms with E-state index < -0.39 is 10.2 Å². The van der Waals surface area contributed by atoms with Crippen LogP contribution in [-0.4, -0.2) is 38.4 Å². The Morgan fingerprint density at radius 1 is 1.26 bits per heavy atom. The molecule has 0 atom stereocenters. The average molecular weight is 339 g/mol. The van der Waals surface area contributed by atoms with Gasteiger partial charge in [0.1, 0.15) is 11.5 Å². The van der Waals surface area contributed by atoms with Crippen molar-refractivity contribution in [3.63, 3.8) is 0 Å². The minimum atomic E-state index is -3.50. The van der Waals surface area contributed by atoms with E-state index in [0.717, 1.165) is 15.6 Å². The van der Waals surface area contributed by atoms with Gasteiger partial charge in [-0.25, -0.2) is 4.98 Å². The third kappa shape index (κ3) is 4.31. The minimum absolute atomic E-state index is 0.0763. The second-order valence-electron chi connectivity index (χ2n) is 5.09. The summed E-state index contributed by atoms with van der Waals surface area (Å²) in [5.41, 5.74) is 1.36. The van der Waals surface area contributed by atoms with Crippen molar-refractivity contribution in [1.82, 2.24) is 14.0 Å². The lowest BCUT2D eigenvalue weighted by atomic mass is 10.2. The van der Waals surface area contributed by atoms with Gasteiger partial charge < -0.3 is 9.15 Å². The molecular weight excluding hydrogens is 318 g/mol. The van der Waals surface area contributed by atoms with E-state index in [1.807, 2.05) is 31.2 Å². The number of benzene rings is 1. The molecule has 23 heavy (non-hydrogen) atoms. The maximum absolute atomic E-state index is 11.7. The fourth-order valence-corrected chi connectivity index (χ4v) is 2.44. The van der Waals surface area contributed by atoms with Crippen LogP contribution < -0.4 is 9.46 Å². The van der Waals surface area contributed by atoms with Gasteiger partial charge in [-0.05, 0) is 38.1 Å². The summed E-state index contributed by atoms with van der Waals surface area (Å²) >= 11 is 0. The summed E-state index contributed by atoms with van der Waals surface area (Å²) < 4.78 is 38.1. The zero-order valence-corrected chi connectivity index (χ0v) is 14.5. The summed E-state index contributed by atoms with van der Waals surface area (Å²) in [5, 5.41) is 0. The fraction of sp³-hybridized carbons (Fsp3) is 0.400. The fourth-order valence-electron chi connectivity index (χ4n) is 1.86. The van der Waals surface area contributed by atoms with Crippen LogP contribution in [0.1, 0.15) is 18.4 Å². The summed E-state index contributed by atoms with van der Waals surface area (Å²) in [7, 11) is -0.572. The van der Waals surface area contributed by atoms with Crippen molar-refractivity contribution in [3.05, 3.63) is 35.7 Å². The molecule has 0 aliphatic heterocycles. The predicted molar refractivity (Wildman–Crippen MR) is 87.3 cm³/mol. The molecule has 0 unspecified atom stereocenters. The van der Waals surface area contributed by atoms with Gasteiger partial charge in [0, 0.05) is 19.7 Å². The number of rotatable bonds is 7. The Labute approximate surface area is 136 Å². The Bertz CT molecular complexity index is 752. The molecule has 1 N–H and O–H groups in total. The third-order valence-corrected chi connectivity index (χ3v) is 4.68. The molecule has 0 amide bonds. The first kappa shape index (κ1) is 17.5. The third-order valence-electron chi connectivity index (χ3n) is 3.21. The molecule has 0 radical (unpaired) electrons. The van der Waals surface area contributed by atoms with Gasteiger partial charge in [0.05, 0.1) is 18.8 Å². The summed E-state index contributed by atoms with van der Waals surface area (Å²) in [6.45, 7) is 4.36. The second-order valence-corrected chi connectivity index (χ2v) is 7.06. The number of aryl methyl sites for hydroxylation is 1. The summed E-state index contributed by atoms with van der Waals surface area (Å²) in [5.74, 6) is 1.80. The van der Waals surface area contributed by atoms with Crippen molar-refractivity contribution in [1.29, 1.82) is 0 Å². The molecule has 2 aromatic rings. The van der Waals surface area contributed by atoms with Crippen LogP contribution in [0.25, 0.3) is 11.5 Å². The van der Waals surface area contributed by atoms with Crippen LogP contribution in [-0.2, 0) is 16.8 Å². The predicted octanol–water partition coefficient (Wildman–Crippen LogP) is 1.94. The molecule has 1 heterocycles. The molecule has 0 spiro atoms. The Kier molecular flexibility index (Phi) is 5.40. The molecule has 0 bridgehead atoms. The van der Waals surface area contributed by atoms with Gasteiger partial charge in [0.25, 0.3) is 10.2 Å². The number of ether oxygens (including phenoxy) is 1. The van der Waals surface area contributed by atoms with Gasteiger partial charge in [-0.15, -0.1) is 0 Å². The monoisotopic (exact) mass is 339 g/mol. The topological polar surface area (TPSA) is 84.7 Å². The first-order chi connectivity index (χ1) is 10.8. The minimum Gasteiger partial charge on any atom is -0.494 e. The molecular formula is C15H21N3O4S. The van der Waals surface area contributed by atoms with Crippen molar-refractivity contribution in [2.75, 3.05) is 20.7 Å². The Morgan fingerprint density at radius 2 is 1.91 bits per heavy atom. The highest BCUT2D eigenvalue weighted by Gasteiger charge is 2.16. The van der Waals surface area contributed by atoms with Crippen LogP contribution in [0.4, 0.5) is 0 Å². The summed E-state index contributed by atoms with van der Waals surface area (Å²) in [4.78, 5) is 4.37. The molecule has 0 saturated carbocycles. The van der Waals surface area contributed by atoms with Gasteiger partial charge >= 0.3 is 0 Å². The summed E-state index contributed by atoms with van der Waals surface area (Å²) in [6, 6.07) is 7.38. The molecule has 126 valence electrons. The van der Waals surface area contributed by atoms with Crippen molar-refractivity contribution in [3.8, 4) is 17.2 Å². The smallest absolute Gasteiger partial charge is 0.279 e. The lowest BCUT2D eigenvalue weighted by Crippen LogP contribution is -2.35. The van der Waals surface area contributed by atoms with E-state index in [1.54, 1.807) is 6.92 Å². The normalized spacial score (nSPS) is 11.9. The number of hydrogen-bond donors (Lipinski definition) is 1. The number of oxazole rings is 1. The van der Waals surface area contributed by atoms with Crippen LogP contribution >= 0.6 is 0 Å². The highest BCUT2D eigenvalue weighted by atomic mass is 32.2. The zero-order chi connectivity index (χ0) is 17.0. The number of nitrogens with zero attached hydrogens (tertiary/aromatic N) is 2. The van der Waals surface area contributed by atoms with E-state index >= 15 is 0 Å². The molecule has 8 heteroatoms. The van der Waals surface area contributed by atoms with E-state index in [4.69, 9.17) is 9.15 Å². The maximum Gasteiger partial charge on any atom is 0.279 e. The number of nitrogens with one attached hydrogen (secondary N) is 1. The first-order valence-electron chi connectivity index (χ1n) is 7.20. The highest BCUT2D eigenvalue weighted by Crippen LogP contribution is 2.24. The Balaban J connectivity index is 2.14. The Morgan fingerprint density at radius 3 is 2.48 bits per heavy atom. The quantitative estimate of drug-likeness (QED) is 0.833. The molecule has 1 aromatic heterocycles. The molecule has 0 aliphatic carbocycles. The van der Waals surface area contributed by atoms with E-state index in [2.05, 4.69) is 9.71 Å². The molecule has 1 aromatic carbocycles. The van der Waals surface area contributed by atoms with E-state index in [9.17, 15) is 8.42 Å². The molecule has 0 aliphatic rings. The van der Waals surface area contributed by atoms with Crippen molar-refractivity contribution in [2.24, 2.45) is 0 Å². The lowest BCUT2D eigenvalue weighted by Gasteiger charge is -2.11. The molecule has 0 saturated heterocycles. The van der Waals surface area contributed by atoms with Crippen molar-refractivity contribution in [2.45, 2.75) is 20.4 Å². The highest BCUT2D eigenvalue weighted by molar-refractivity contribution is 7.87. The van der Waals surface area contributed by atoms with Crippen LogP contribution in [0.2, 0.25) is 0 Å². The number of hydrogen-bond acceptors (Lipinski definition) is 5. The lowest BCUT2D eigenvalue weighted by molar-refractivity contribution is 0.340. The van der Waals surface area contributed by atoms with E-state index in [-0.39, 0.29) is 6.54 Å². The van der Waals surface area contributed by atoms with Gasteiger partial charge in [-0.2, -0.15) is 17.4 Å². The van der Waals surface area contributed by atoms with Crippen LogP contribution in [0.5, 0.6) is 5.75 Å². The molecule has 7 nitrogen and oxygen atoms in total. The van der Waals surface area contributed by atoms with E-state index in [0.29, 0.717) is 24.0 Å². The van der Waals surface area contributed by atoms with Crippen molar-refractivity contribution >= 4 is 10.2 Å². The molecule has 0 fully saturated rings. The van der Waals surface area contributed by atoms with Gasteiger partial charge in [0.15, 0.2) is 0 Å². The maximum atomic E-state index is 11.7. The number of aromatic nitrogens is 1. The van der Waals surface area contributed by atoms with Gasteiger partial charge in [-0.3, -0.25) is 0 Å². The second kappa shape index (κ2) is 7.12. The van der Waals surface area contributed by atoms with Crippen LogP contribution in [0.3, 0.4) is 0 Å². The van der Waals surface area contributed by atoms with Gasteiger partial charge in [0.2, 0.25) is 5.89 Å². The van der Waals surface area contributed by atoms with E-state index in [1.165, 1.54) is 14.1 Å². The zero-order valence-electron chi connectivity index (χ0n) is 13.7. The average Bonchev–Trinajstić information content (AvgIpc) is 2.87. The first-order valence-corrected chi connectivity index (χ1v) is 8.64. The SMILES string of the molecule is CCOc1ccc(-c2nc(CNS(=O)(=O)N(C)C)c(C)o2)cc1. The van der Waals surface area contributed by atoms with Crippen LogP contribution in [0.15, 0.2) is 28.7 Å². The largest absolute Gasteiger partial charge is 0.494 e.